The Hall–Kier alpha value is -3.97. The van der Waals surface area contributed by atoms with Gasteiger partial charge in [-0.2, -0.15) is 0 Å². The van der Waals surface area contributed by atoms with Crippen LogP contribution >= 0.6 is 0 Å². The van der Waals surface area contributed by atoms with Crippen molar-refractivity contribution in [2.24, 2.45) is 7.05 Å². The first-order valence-corrected chi connectivity index (χ1v) is 13.3. The molecule has 0 unspecified atom stereocenters. The van der Waals surface area contributed by atoms with Crippen LogP contribution < -0.4 is 10.3 Å². The Morgan fingerprint density at radius 2 is 1.76 bits per heavy atom. The molecule has 0 aliphatic carbocycles. The zero-order chi connectivity index (χ0) is 26.3. The summed E-state index contributed by atoms with van der Waals surface area (Å²) in [5.74, 6) is 0.929. The fourth-order valence-corrected chi connectivity index (χ4v) is 5.22. The third-order valence-corrected chi connectivity index (χ3v) is 7.38. The predicted molar refractivity (Wildman–Crippen MR) is 149 cm³/mol. The van der Waals surface area contributed by atoms with Gasteiger partial charge < -0.3 is 14.2 Å². The lowest BCUT2D eigenvalue weighted by molar-refractivity contribution is 0.0599. The second kappa shape index (κ2) is 12.0. The minimum atomic E-state index is -0.0178. The number of fused-ring (bicyclic) bond motifs is 1. The lowest BCUT2D eigenvalue weighted by Crippen LogP contribution is -2.47. The summed E-state index contributed by atoms with van der Waals surface area (Å²) >= 11 is 0. The number of piperidine rings is 1. The number of carbonyl (C=O) groups excluding carboxylic acids is 1. The monoisotopic (exact) mass is 510 g/mol. The number of pyridine rings is 2. The highest BCUT2D eigenvalue weighted by Crippen LogP contribution is 2.22. The van der Waals surface area contributed by atoms with Crippen molar-refractivity contribution in [3.63, 3.8) is 0 Å². The smallest absolute Gasteiger partial charge is 0.253 e. The number of ether oxygens (including phenoxy) is 1. The molecule has 1 aliphatic heterocycles. The molecule has 7 nitrogen and oxygen atoms in total. The Morgan fingerprint density at radius 1 is 1.00 bits per heavy atom. The van der Waals surface area contributed by atoms with Crippen LogP contribution in [0.25, 0.3) is 10.9 Å². The van der Waals surface area contributed by atoms with Crippen LogP contribution in [-0.2, 0) is 13.6 Å². The summed E-state index contributed by atoms with van der Waals surface area (Å²) < 4.78 is 7.74. The van der Waals surface area contributed by atoms with Crippen molar-refractivity contribution in [3.05, 3.63) is 107 Å². The molecule has 0 saturated carbocycles. The highest BCUT2D eigenvalue weighted by molar-refractivity contribution is 5.94. The minimum absolute atomic E-state index is 0.0178. The topological polar surface area (TPSA) is 67.7 Å². The van der Waals surface area contributed by atoms with E-state index in [0.29, 0.717) is 12.6 Å². The Balaban J connectivity index is 1.18. The lowest BCUT2D eigenvalue weighted by atomic mass is 10.0. The van der Waals surface area contributed by atoms with Gasteiger partial charge in [-0.15, -0.1) is 0 Å². The van der Waals surface area contributed by atoms with Gasteiger partial charge in [-0.25, -0.2) is 0 Å². The Bertz CT molecular complexity index is 1410. The number of nitrogens with zero attached hydrogens (tertiary/aromatic N) is 4. The van der Waals surface area contributed by atoms with Crippen LogP contribution in [-0.4, -0.2) is 57.5 Å². The van der Waals surface area contributed by atoms with Gasteiger partial charge in [0.25, 0.3) is 11.5 Å². The van der Waals surface area contributed by atoms with Crippen LogP contribution in [0.2, 0.25) is 0 Å². The van der Waals surface area contributed by atoms with Crippen molar-refractivity contribution < 1.29 is 9.53 Å². The van der Waals surface area contributed by atoms with Gasteiger partial charge in [0, 0.05) is 68.7 Å². The van der Waals surface area contributed by atoms with E-state index in [1.807, 2.05) is 71.9 Å². The second-order valence-electron chi connectivity index (χ2n) is 9.87. The van der Waals surface area contributed by atoms with E-state index in [1.54, 1.807) is 17.7 Å². The summed E-state index contributed by atoms with van der Waals surface area (Å²) in [6.45, 7) is 3.89. The molecule has 5 rings (SSSR count). The van der Waals surface area contributed by atoms with E-state index in [-0.39, 0.29) is 11.5 Å². The van der Waals surface area contributed by atoms with Crippen LogP contribution in [0.3, 0.4) is 0 Å². The van der Waals surface area contributed by atoms with E-state index in [9.17, 15) is 9.59 Å². The summed E-state index contributed by atoms with van der Waals surface area (Å²) in [7, 11) is 1.78. The molecule has 0 radical (unpaired) electrons. The molecule has 7 heteroatoms. The van der Waals surface area contributed by atoms with Crippen molar-refractivity contribution in [1.82, 2.24) is 19.4 Å². The molecule has 1 saturated heterocycles. The summed E-state index contributed by atoms with van der Waals surface area (Å²) in [5.41, 5.74) is 2.87. The summed E-state index contributed by atoms with van der Waals surface area (Å²) in [5, 5.41) is 0.987. The second-order valence-corrected chi connectivity index (χ2v) is 9.87. The van der Waals surface area contributed by atoms with Crippen molar-refractivity contribution in [2.45, 2.75) is 31.8 Å². The third kappa shape index (κ3) is 6.11. The van der Waals surface area contributed by atoms with Gasteiger partial charge in [-0.1, -0.05) is 18.2 Å². The van der Waals surface area contributed by atoms with Crippen LogP contribution in [0.5, 0.6) is 5.75 Å². The van der Waals surface area contributed by atoms with E-state index in [2.05, 4.69) is 22.0 Å². The molecule has 0 spiro atoms. The first-order chi connectivity index (χ1) is 18.6. The lowest BCUT2D eigenvalue weighted by Gasteiger charge is -2.38. The number of aryl methyl sites for hydroxylation is 1. The fraction of sp³-hybridized carbons (Fsp3) is 0.323. The fourth-order valence-electron chi connectivity index (χ4n) is 5.22. The number of amides is 1. The Kier molecular flexibility index (Phi) is 8.14. The van der Waals surface area contributed by atoms with Crippen LogP contribution in [0.1, 0.15) is 35.2 Å². The van der Waals surface area contributed by atoms with Crippen LogP contribution in [0.15, 0.2) is 90.0 Å². The average Bonchev–Trinajstić information content (AvgIpc) is 2.97. The minimum Gasteiger partial charge on any atom is -0.494 e. The van der Waals surface area contributed by atoms with E-state index in [0.717, 1.165) is 67.7 Å². The highest BCUT2D eigenvalue weighted by Gasteiger charge is 2.27. The maximum Gasteiger partial charge on any atom is 0.253 e. The molecule has 0 bridgehead atoms. The molecule has 2 aromatic heterocycles. The van der Waals surface area contributed by atoms with Gasteiger partial charge in [0.2, 0.25) is 0 Å². The highest BCUT2D eigenvalue weighted by atomic mass is 16.5. The van der Waals surface area contributed by atoms with Crippen molar-refractivity contribution in [1.29, 1.82) is 0 Å². The number of carbonyl (C=O) groups is 1. The molecule has 3 heterocycles. The zero-order valence-electron chi connectivity index (χ0n) is 21.8. The average molecular weight is 511 g/mol. The van der Waals surface area contributed by atoms with Gasteiger partial charge in [-0.05, 0) is 73.4 Å². The molecule has 196 valence electrons. The third-order valence-electron chi connectivity index (χ3n) is 7.38. The number of aromatic nitrogens is 2. The largest absolute Gasteiger partial charge is 0.494 e. The first-order valence-electron chi connectivity index (χ1n) is 13.3. The number of benzene rings is 2. The van der Waals surface area contributed by atoms with E-state index >= 15 is 0 Å². The van der Waals surface area contributed by atoms with Crippen LogP contribution in [0.4, 0.5) is 0 Å². The molecule has 1 fully saturated rings. The van der Waals surface area contributed by atoms with Gasteiger partial charge >= 0.3 is 0 Å². The standard InChI is InChI=1S/C31H34N4O3/c1-33-29-10-9-28(22-26(29)8-11-30(33)36)38-21-5-18-35(23-24-12-16-32-17-13-24)27-14-19-34(20-15-27)31(37)25-6-3-2-4-7-25/h2-4,6-13,16-17,22,27H,5,14-15,18-21,23H2,1H3. The molecule has 1 amide bonds. The van der Waals surface area contributed by atoms with Crippen molar-refractivity contribution in [3.8, 4) is 5.75 Å². The predicted octanol–water partition coefficient (Wildman–Crippen LogP) is 4.51. The number of likely N-dealkylation sites (tertiary alicyclic amines) is 1. The van der Waals surface area contributed by atoms with Crippen molar-refractivity contribution >= 4 is 16.8 Å². The summed E-state index contributed by atoms with van der Waals surface area (Å²) in [6, 6.07) is 23.4. The summed E-state index contributed by atoms with van der Waals surface area (Å²) in [6.07, 6.45) is 6.47. The number of hydrogen-bond donors (Lipinski definition) is 0. The quantitative estimate of drug-likeness (QED) is 0.310. The molecule has 1 aliphatic rings. The number of rotatable bonds is 9. The van der Waals surface area contributed by atoms with Gasteiger partial charge in [0.15, 0.2) is 0 Å². The molecule has 0 atom stereocenters. The molecule has 4 aromatic rings. The molecule has 2 aromatic carbocycles. The van der Waals surface area contributed by atoms with Crippen molar-refractivity contribution in [2.75, 3.05) is 26.2 Å². The van der Waals surface area contributed by atoms with E-state index in [1.165, 1.54) is 5.56 Å². The maximum absolute atomic E-state index is 12.9. The SMILES string of the molecule is Cn1c(=O)ccc2cc(OCCCN(Cc3ccncc3)C3CCN(C(=O)c4ccccc4)CC3)ccc21. The Labute approximate surface area is 223 Å². The number of hydrogen-bond acceptors (Lipinski definition) is 5. The van der Waals surface area contributed by atoms with E-state index < -0.39 is 0 Å². The van der Waals surface area contributed by atoms with Crippen LogP contribution in [0, 0.1) is 0 Å². The maximum atomic E-state index is 12.9. The van der Waals surface area contributed by atoms with Gasteiger partial charge in [0.05, 0.1) is 12.1 Å². The normalized spacial score (nSPS) is 14.2. The molecular formula is C31H34N4O3. The molecule has 38 heavy (non-hydrogen) atoms. The molecular weight excluding hydrogens is 476 g/mol. The van der Waals surface area contributed by atoms with Gasteiger partial charge in [0.1, 0.15) is 5.75 Å². The van der Waals surface area contributed by atoms with Gasteiger partial charge in [-0.3, -0.25) is 19.5 Å². The molecule has 0 N–H and O–H groups in total. The summed E-state index contributed by atoms with van der Waals surface area (Å²) in [4.78, 5) is 33.4. The zero-order valence-corrected chi connectivity index (χ0v) is 21.8. The van der Waals surface area contributed by atoms with E-state index in [4.69, 9.17) is 4.74 Å². The Morgan fingerprint density at radius 3 is 2.53 bits per heavy atom. The first kappa shape index (κ1) is 25.7.